The van der Waals surface area contributed by atoms with Crippen LogP contribution in [-0.2, 0) is 29.0 Å². The summed E-state index contributed by atoms with van der Waals surface area (Å²) in [6.45, 7) is 6.13. The van der Waals surface area contributed by atoms with E-state index in [1.54, 1.807) is 30.3 Å². The second-order valence-corrected chi connectivity index (χ2v) is 11.6. The van der Waals surface area contributed by atoms with Gasteiger partial charge >= 0.3 is 6.09 Å². The van der Waals surface area contributed by atoms with Crippen LogP contribution in [0.1, 0.15) is 43.2 Å². The third kappa shape index (κ3) is 6.94. The Bertz CT molecular complexity index is 1870. The summed E-state index contributed by atoms with van der Waals surface area (Å²) in [5.74, 6) is -1.54. The fraction of sp³-hybridized carbons (Fsp3) is 0.258. The molecule has 14 heteroatoms. The summed E-state index contributed by atoms with van der Waals surface area (Å²) < 4.78 is 40.8. The second-order valence-electron chi connectivity index (χ2n) is 11.2. The number of nitrogen functional groups attached to an aromatic ring is 2. The smallest absolute Gasteiger partial charge is 0.414 e. The van der Waals surface area contributed by atoms with E-state index in [1.165, 1.54) is 23.9 Å². The highest BCUT2D eigenvalue weighted by Gasteiger charge is 2.27. The highest BCUT2D eigenvalue weighted by Crippen LogP contribution is 2.33. The summed E-state index contributed by atoms with van der Waals surface area (Å²) in [5.41, 5.74) is 15.0. The monoisotopic (exact) mass is 636 g/mol. The van der Waals surface area contributed by atoms with Crippen molar-refractivity contribution in [1.82, 2.24) is 24.7 Å². The zero-order valence-corrected chi connectivity index (χ0v) is 25.8. The molecular formula is C31H31ClF2N8O3. The average Bonchev–Trinajstić information content (AvgIpc) is 3.33. The summed E-state index contributed by atoms with van der Waals surface area (Å²) in [4.78, 5) is 27.0. The van der Waals surface area contributed by atoms with Crippen molar-refractivity contribution in [3.63, 3.8) is 0 Å². The van der Waals surface area contributed by atoms with Crippen LogP contribution in [0.3, 0.4) is 0 Å². The van der Waals surface area contributed by atoms with E-state index in [9.17, 15) is 13.6 Å². The Kier molecular flexibility index (Phi) is 8.84. The molecule has 3 heterocycles. The molecular weight excluding hydrogens is 606 g/mol. The predicted molar refractivity (Wildman–Crippen MR) is 167 cm³/mol. The Labute approximate surface area is 262 Å². The topological polar surface area (TPSA) is 147 Å². The van der Waals surface area contributed by atoms with Crippen molar-refractivity contribution in [2.24, 2.45) is 0 Å². The normalized spacial score (nSPS) is 11.6. The van der Waals surface area contributed by atoms with Crippen LogP contribution >= 0.6 is 11.6 Å². The van der Waals surface area contributed by atoms with Gasteiger partial charge in [0.15, 0.2) is 11.6 Å². The first-order valence-electron chi connectivity index (χ1n) is 13.8. The van der Waals surface area contributed by atoms with Gasteiger partial charge in [0.05, 0.1) is 43.3 Å². The first-order valence-corrected chi connectivity index (χ1v) is 14.2. The molecule has 0 saturated carbocycles. The van der Waals surface area contributed by atoms with Crippen molar-refractivity contribution in [2.75, 3.05) is 23.5 Å². The molecule has 3 aromatic heterocycles. The maximum absolute atomic E-state index is 14.4. The number of rotatable bonds is 8. The molecule has 0 spiro atoms. The molecule has 0 aliphatic heterocycles. The van der Waals surface area contributed by atoms with E-state index in [4.69, 9.17) is 32.5 Å². The number of carbonyl (C=O) groups is 1. The third-order valence-electron chi connectivity index (χ3n) is 6.77. The number of pyridine rings is 1. The van der Waals surface area contributed by atoms with Gasteiger partial charge in [-0.2, -0.15) is 19.7 Å². The Morgan fingerprint density at radius 1 is 1.04 bits per heavy atom. The zero-order valence-electron chi connectivity index (χ0n) is 25.0. The number of halogens is 3. The number of fused-ring (bicyclic) bond motifs is 1. The standard InChI is InChI=1S/C31H31ClF2N8O3/c1-31(2,3)45-16-17-9-10-19(21(32)11-17)15-41(30(43)44-4)26-27(35)38-29(39-28(26)36)42-24-13-20(33)14-37-25(24)23(40-42)12-18-7-5-6-8-22(18)34/h5-11,13-14H,12,15-16H2,1-4H3,(H4,35,36,38,39). The fourth-order valence-corrected chi connectivity index (χ4v) is 4.86. The van der Waals surface area contributed by atoms with E-state index in [2.05, 4.69) is 20.1 Å². The third-order valence-corrected chi connectivity index (χ3v) is 7.12. The highest BCUT2D eigenvalue weighted by molar-refractivity contribution is 6.31. The lowest BCUT2D eigenvalue weighted by Gasteiger charge is -2.24. The molecule has 0 atom stereocenters. The molecule has 11 nitrogen and oxygen atoms in total. The maximum atomic E-state index is 14.4. The molecule has 4 N–H and O–H groups in total. The number of benzene rings is 2. The molecule has 0 radical (unpaired) electrons. The van der Waals surface area contributed by atoms with Crippen LogP contribution < -0.4 is 16.4 Å². The van der Waals surface area contributed by atoms with Crippen molar-refractivity contribution in [3.05, 3.63) is 93.8 Å². The van der Waals surface area contributed by atoms with E-state index < -0.39 is 17.7 Å². The minimum absolute atomic E-state index is 0.0193. The van der Waals surface area contributed by atoms with Crippen molar-refractivity contribution in [2.45, 2.75) is 45.9 Å². The number of amides is 1. The number of nitrogens with two attached hydrogens (primary N) is 2. The first-order chi connectivity index (χ1) is 21.3. The molecule has 234 valence electrons. The minimum Gasteiger partial charge on any atom is -0.452 e. The largest absolute Gasteiger partial charge is 0.452 e. The van der Waals surface area contributed by atoms with Crippen LogP contribution in [0.2, 0.25) is 5.02 Å². The Morgan fingerprint density at radius 3 is 2.40 bits per heavy atom. The van der Waals surface area contributed by atoms with Crippen molar-refractivity contribution < 1.29 is 23.0 Å². The van der Waals surface area contributed by atoms with Crippen molar-refractivity contribution in [3.8, 4) is 5.95 Å². The molecule has 0 aliphatic carbocycles. The predicted octanol–water partition coefficient (Wildman–Crippen LogP) is 5.99. The lowest BCUT2D eigenvalue weighted by atomic mass is 10.1. The van der Waals surface area contributed by atoms with Crippen LogP contribution in [0.4, 0.5) is 30.9 Å². The average molecular weight is 637 g/mol. The molecule has 0 fully saturated rings. The summed E-state index contributed by atoms with van der Waals surface area (Å²) in [6, 6.07) is 12.8. The van der Waals surface area contributed by atoms with Crippen LogP contribution in [0.15, 0.2) is 54.7 Å². The van der Waals surface area contributed by atoms with Gasteiger partial charge in [0.1, 0.15) is 22.8 Å². The zero-order chi connectivity index (χ0) is 32.5. The molecule has 0 aliphatic rings. The molecule has 5 aromatic rings. The molecule has 0 bridgehead atoms. The number of anilines is 3. The molecule has 1 amide bonds. The number of hydrogen-bond acceptors (Lipinski definition) is 9. The second kappa shape index (κ2) is 12.6. The van der Waals surface area contributed by atoms with Crippen LogP contribution in [0, 0.1) is 11.6 Å². The van der Waals surface area contributed by atoms with E-state index in [0.29, 0.717) is 34.0 Å². The van der Waals surface area contributed by atoms with Crippen LogP contribution in [0.25, 0.3) is 17.0 Å². The fourth-order valence-electron chi connectivity index (χ4n) is 4.60. The van der Waals surface area contributed by atoms with Gasteiger partial charge in [-0.3, -0.25) is 4.90 Å². The summed E-state index contributed by atoms with van der Waals surface area (Å²) in [5, 5.41) is 4.90. The van der Waals surface area contributed by atoms with Gasteiger partial charge in [-0.1, -0.05) is 41.9 Å². The Balaban J connectivity index is 1.51. The van der Waals surface area contributed by atoms with Gasteiger partial charge in [0.2, 0.25) is 0 Å². The number of nitrogens with zero attached hydrogens (tertiary/aromatic N) is 6. The molecule has 2 aromatic carbocycles. The van der Waals surface area contributed by atoms with E-state index in [1.807, 2.05) is 26.8 Å². The Hall–Kier alpha value is -4.88. The number of hydrogen-bond donors (Lipinski definition) is 2. The van der Waals surface area contributed by atoms with Crippen molar-refractivity contribution in [1.29, 1.82) is 0 Å². The highest BCUT2D eigenvalue weighted by atomic mass is 35.5. The van der Waals surface area contributed by atoms with Gasteiger partial charge in [0.25, 0.3) is 5.95 Å². The minimum atomic E-state index is -0.788. The van der Waals surface area contributed by atoms with Crippen LogP contribution in [0.5, 0.6) is 0 Å². The number of methoxy groups -OCH3 is 1. The summed E-state index contributed by atoms with van der Waals surface area (Å²) >= 11 is 6.58. The van der Waals surface area contributed by atoms with Gasteiger partial charge in [-0.15, -0.1) is 0 Å². The quantitative estimate of drug-likeness (QED) is 0.210. The number of aromatic nitrogens is 5. The molecule has 45 heavy (non-hydrogen) atoms. The lowest BCUT2D eigenvalue weighted by molar-refractivity contribution is -0.0149. The van der Waals surface area contributed by atoms with Crippen molar-refractivity contribution >= 4 is 46.1 Å². The summed E-state index contributed by atoms with van der Waals surface area (Å²) in [7, 11) is 1.21. The van der Waals surface area contributed by atoms with E-state index >= 15 is 0 Å². The van der Waals surface area contributed by atoms with E-state index in [-0.39, 0.29) is 47.4 Å². The SMILES string of the molecule is COC(=O)N(Cc1ccc(COC(C)(C)C)cc1Cl)c1c(N)nc(-n2nc(Cc3ccccc3F)c3ncc(F)cc32)nc1N. The van der Waals surface area contributed by atoms with Gasteiger partial charge < -0.3 is 20.9 Å². The van der Waals surface area contributed by atoms with Gasteiger partial charge in [-0.25, -0.2) is 18.6 Å². The maximum Gasteiger partial charge on any atom is 0.414 e. The van der Waals surface area contributed by atoms with Crippen LogP contribution in [-0.4, -0.2) is 43.5 Å². The van der Waals surface area contributed by atoms with E-state index in [0.717, 1.165) is 16.7 Å². The summed E-state index contributed by atoms with van der Waals surface area (Å²) in [6.07, 6.45) is 0.314. The molecule has 5 rings (SSSR count). The molecule has 0 unspecified atom stereocenters. The first kappa shape index (κ1) is 31.5. The lowest BCUT2D eigenvalue weighted by Crippen LogP contribution is -2.32. The van der Waals surface area contributed by atoms with Gasteiger partial charge in [0, 0.05) is 17.5 Å². The number of ether oxygens (including phenoxy) is 2. The Morgan fingerprint density at radius 2 is 1.76 bits per heavy atom. The number of carbonyl (C=O) groups excluding carboxylic acids is 1. The molecule has 0 saturated heterocycles. The van der Waals surface area contributed by atoms with Gasteiger partial charge in [-0.05, 0) is 49.6 Å².